The third-order valence-electron chi connectivity index (χ3n) is 4.55. The molecule has 8 heteroatoms. The second-order valence-corrected chi connectivity index (χ2v) is 8.35. The van der Waals surface area contributed by atoms with Gasteiger partial charge in [0.2, 0.25) is 0 Å². The summed E-state index contributed by atoms with van der Waals surface area (Å²) < 4.78 is 62.9. The highest BCUT2D eigenvalue weighted by atomic mass is 32.2. The molecular weight excluding hydrogens is 319 g/mol. The Morgan fingerprint density at radius 2 is 1.77 bits per heavy atom. The number of fused-ring (bicyclic) bond motifs is 2. The van der Waals surface area contributed by atoms with E-state index in [9.17, 15) is 26.4 Å². The van der Waals surface area contributed by atoms with E-state index >= 15 is 0 Å². The fourth-order valence-electron chi connectivity index (χ4n) is 3.45. The molecule has 0 saturated carbocycles. The summed E-state index contributed by atoms with van der Waals surface area (Å²) >= 11 is 0. The van der Waals surface area contributed by atoms with Crippen molar-refractivity contribution in [3.63, 3.8) is 0 Å². The van der Waals surface area contributed by atoms with Crippen LogP contribution < -0.4 is 0 Å². The van der Waals surface area contributed by atoms with Gasteiger partial charge in [-0.25, -0.2) is 8.42 Å². The van der Waals surface area contributed by atoms with Crippen molar-refractivity contribution in [1.29, 1.82) is 0 Å². The molecule has 4 nitrogen and oxygen atoms in total. The van der Waals surface area contributed by atoms with Crippen LogP contribution in [0.1, 0.15) is 41.7 Å². The summed E-state index contributed by atoms with van der Waals surface area (Å²) in [6.45, 7) is 0. The number of halogens is 3. The molecule has 0 amide bonds. The van der Waals surface area contributed by atoms with Gasteiger partial charge in [-0.05, 0) is 37.8 Å². The molecule has 0 N–H and O–H groups in total. The minimum Gasteiger partial charge on any atom is -0.292 e. The van der Waals surface area contributed by atoms with Crippen LogP contribution in [-0.2, 0) is 16.0 Å². The molecule has 1 aromatic rings. The molecule has 2 atom stereocenters. The van der Waals surface area contributed by atoms with E-state index in [0.29, 0.717) is 12.8 Å². The van der Waals surface area contributed by atoms with E-state index in [1.165, 1.54) is 0 Å². The Morgan fingerprint density at radius 3 is 2.32 bits per heavy atom. The first kappa shape index (κ1) is 15.5. The van der Waals surface area contributed by atoms with Crippen molar-refractivity contribution >= 4 is 15.6 Å². The molecule has 3 heterocycles. The van der Waals surface area contributed by atoms with E-state index in [2.05, 4.69) is 4.98 Å². The Kier molecular flexibility index (Phi) is 3.54. The summed E-state index contributed by atoms with van der Waals surface area (Å²) in [6, 6.07) is 1.96. The number of sulfone groups is 1. The Bertz CT molecular complexity index is 694. The van der Waals surface area contributed by atoms with Gasteiger partial charge in [-0.15, -0.1) is 0 Å². The van der Waals surface area contributed by atoms with Crippen LogP contribution in [0, 0.1) is 5.92 Å². The molecule has 0 spiro atoms. The second-order valence-electron chi connectivity index (χ2n) is 5.84. The largest absolute Gasteiger partial charge is 0.418 e. The topological polar surface area (TPSA) is 64.1 Å². The first-order valence-electron chi connectivity index (χ1n) is 7.00. The van der Waals surface area contributed by atoms with Crippen LogP contribution in [0.15, 0.2) is 18.3 Å². The summed E-state index contributed by atoms with van der Waals surface area (Å²) in [7, 11) is -3.21. The molecule has 2 saturated heterocycles. The van der Waals surface area contributed by atoms with Crippen molar-refractivity contribution in [2.24, 2.45) is 5.92 Å². The Labute approximate surface area is 125 Å². The molecule has 2 aliphatic rings. The minimum atomic E-state index is -4.65. The predicted octanol–water partition coefficient (Wildman–Crippen LogP) is 2.64. The molecule has 2 bridgehead atoms. The van der Waals surface area contributed by atoms with Crippen LogP contribution in [-0.4, -0.2) is 29.7 Å². The lowest BCUT2D eigenvalue weighted by molar-refractivity contribution is -0.138. The van der Waals surface area contributed by atoms with Gasteiger partial charge in [-0.1, -0.05) is 0 Å². The lowest BCUT2D eigenvalue weighted by Crippen LogP contribution is -2.36. The zero-order valence-corrected chi connectivity index (χ0v) is 12.3. The molecule has 0 aromatic carbocycles. The van der Waals surface area contributed by atoms with E-state index in [0.717, 1.165) is 18.3 Å². The zero-order valence-electron chi connectivity index (χ0n) is 11.5. The maximum atomic E-state index is 13.0. The van der Waals surface area contributed by atoms with Gasteiger partial charge >= 0.3 is 6.18 Å². The van der Waals surface area contributed by atoms with Crippen molar-refractivity contribution in [3.8, 4) is 0 Å². The number of carbonyl (C=O) groups excluding carboxylic acids is 1. The lowest BCUT2D eigenvalue weighted by Gasteiger charge is -2.27. The SMILES string of the molecule is O=C(c1ncccc1C(F)(F)F)C1CC2CCC(C1)S2(=O)=O. The highest BCUT2D eigenvalue weighted by Crippen LogP contribution is 2.43. The van der Waals surface area contributed by atoms with Crippen molar-refractivity contribution in [2.45, 2.75) is 42.4 Å². The smallest absolute Gasteiger partial charge is 0.292 e. The van der Waals surface area contributed by atoms with E-state index in [4.69, 9.17) is 0 Å². The second kappa shape index (κ2) is 5.04. The number of aromatic nitrogens is 1. The van der Waals surface area contributed by atoms with Gasteiger partial charge in [0.25, 0.3) is 0 Å². The molecule has 120 valence electrons. The zero-order chi connectivity index (χ0) is 16.1. The fourth-order valence-corrected chi connectivity index (χ4v) is 5.92. The number of ketones is 1. The van der Waals surface area contributed by atoms with E-state index < -0.39 is 49.5 Å². The molecule has 2 unspecified atom stereocenters. The minimum absolute atomic E-state index is 0.103. The molecule has 0 aliphatic carbocycles. The fraction of sp³-hybridized carbons (Fsp3) is 0.571. The van der Waals surface area contributed by atoms with Gasteiger partial charge in [0, 0.05) is 12.1 Å². The van der Waals surface area contributed by atoms with Gasteiger partial charge in [0.1, 0.15) is 5.69 Å². The number of Topliss-reactive ketones (excluding diaryl/α,β-unsaturated/α-hetero) is 1. The molecule has 1 aromatic heterocycles. The Hall–Kier alpha value is -1.44. The Morgan fingerprint density at radius 1 is 1.18 bits per heavy atom. The third kappa shape index (κ3) is 2.43. The van der Waals surface area contributed by atoms with Crippen LogP contribution in [0.3, 0.4) is 0 Å². The predicted molar refractivity (Wildman–Crippen MR) is 72.0 cm³/mol. The number of pyridine rings is 1. The van der Waals surface area contributed by atoms with Gasteiger partial charge in [0.05, 0.1) is 16.1 Å². The normalized spacial score (nSPS) is 30.2. The highest BCUT2D eigenvalue weighted by molar-refractivity contribution is 7.93. The van der Waals surface area contributed by atoms with Crippen LogP contribution in [0.25, 0.3) is 0 Å². The van der Waals surface area contributed by atoms with Gasteiger partial charge in [-0.3, -0.25) is 9.78 Å². The molecular formula is C14H14F3NO3S. The first-order valence-corrected chi connectivity index (χ1v) is 8.61. The maximum absolute atomic E-state index is 13.0. The highest BCUT2D eigenvalue weighted by Gasteiger charge is 2.49. The number of carbonyl (C=O) groups is 1. The monoisotopic (exact) mass is 333 g/mol. The van der Waals surface area contributed by atoms with Crippen LogP contribution in [0.5, 0.6) is 0 Å². The van der Waals surface area contributed by atoms with E-state index in [-0.39, 0.29) is 12.8 Å². The Balaban J connectivity index is 1.91. The van der Waals surface area contributed by atoms with E-state index in [1.807, 2.05) is 0 Å². The summed E-state index contributed by atoms with van der Waals surface area (Å²) in [6.07, 6.45) is -2.32. The van der Waals surface area contributed by atoms with Crippen molar-refractivity contribution < 1.29 is 26.4 Å². The van der Waals surface area contributed by atoms with Crippen molar-refractivity contribution in [3.05, 3.63) is 29.6 Å². The molecule has 2 fully saturated rings. The molecule has 22 heavy (non-hydrogen) atoms. The quantitative estimate of drug-likeness (QED) is 0.781. The number of hydrogen-bond acceptors (Lipinski definition) is 4. The summed E-state index contributed by atoms with van der Waals surface area (Å²) in [5.74, 6) is -1.39. The maximum Gasteiger partial charge on any atom is 0.418 e. The van der Waals surface area contributed by atoms with Crippen LogP contribution >= 0.6 is 0 Å². The van der Waals surface area contributed by atoms with Crippen molar-refractivity contribution in [2.75, 3.05) is 0 Å². The van der Waals surface area contributed by atoms with Gasteiger partial charge < -0.3 is 0 Å². The number of hydrogen-bond donors (Lipinski definition) is 0. The van der Waals surface area contributed by atoms with Crippen LogP contribution in [0.2, 0.25) is 0 Å². The molecule has 0 radical (unpaired) electrons. The van der Waals surface area contributed by atoms with Crippen LogP contribution in [0.4, 0.5) is 13.2 Å². The molecule has 3 rings (SSSR count). The average Bonchev–Trinajstić information content (AvgIpc) is 2.66. The van der Waals surface area contributed by atoms with Gasteiger partial charge in [-0.2, -0.15) is 13.2 Å². The number of rotatable bonds is 2. The standard InChI is InChI=1S/C14H14F3NO3S/c15-14(16,17)11-2-1-5-18-12(11)13(19)8-6-9-3-4-10(7-8)22(9,20)21/h1-2,5,8-10H,3-4,6-7H2. The van der Waals surface area contributed by atoms with Gasteiger partial charge in [0.15, 0.2) is 15.6 Å². The lowest BCUT2D eigenvalue weighted by atomic mass is 9.91. The summed E-state index contributed by atoms with van der Waals surface area (Å²) in [4.78, 5) is 16.0. The summed E-state index contributed by atoms with van der Waals surface area (Å²) in [5.41, 5.74) is -1.65. The third-order valence-corrected chi connectivity index (χ3v) is 7.27. The van der Waals surface area contributed by atoms with E-state index in [1.54, 1.807) is 0 Å². The number of alkyl halides is 3. The average molecular weight is 333 g/mol. The first-order chi connectivity index (χ1) is 10.2. The summed E-state index contributed by atoms with van der Waals surface area (Å²) in [5, 5.41) is -1.20. The molecule has 2 aliphatic heterocycles. The van der Waals surface area contributed by atoms with Crippen molar-refractivity contribution in [1.82, 2.24) is 4.98 Å². The number of nitrogens with zero attached hydrogens (tertiary/aromatic N) is 1.